The van der Waals surface area contributed by atoms with Gasteiger partial charge in [-0.1, -0.05) is 0 Å². The smallest absolute Gasteiger partial charge is 0.182 e. The Kier molecular flexibility index (Phi) is 1.73. The van der Waals surface area contributed by atoms with Crippen LogP contribution in [0, 0.1) is 5.82 Å². The van der Waals surface area contributed by atoms with Crippen LogP contribution in [0.2, 0.25) is 0 Å². The Morgan fingerprint density at radius 2 is 2.17 bits per heavy atom. The summed E-state index contributed by atoms with van der Waals surface area (Å²) >= 11 is 5.39. The topological polar surface area (TPSA) is 20.2 Å². The predicted molar refractivity (Wildman–Crippen MR) is 50.7 cm³/mol. The number of phenolic OH excluding ortho intramolecular Hbond substituents is 1. The number of fused-ring (bicyclic) bond motifs is 1. The van der Waals surface area contributed by atoms with Gasteiger partial charge in [-0.05, 0) is 12.1 Å². The average molecular weight is 200 g/mol. The van der Waals surface area contributed by atoms with Crippen LogP contribution in [-0.2, 0) is 0 Å². The van der Waals surface area contributed by atoms with E-state index in [0.29, 0.717) is 4.70 Å². The first kappa shape index (κ1) is 7.89. The van der Waals surface area contributed by atoms with E-state index in [1.165, 1.54) is 17.4 Å². The zero-order valence-electron chi connectivity index (χ0n) is 5.91. The lowest BCUT2D eigenvalue weighted by atomic mass is 10.2. The molecule has 0 radical (unpaired) electrons. The molecule has 2 aromatic rings. The van der Waals surface area contributed by atoms with E-state index in [1.54, 1.807) is 11.4 Å². The Balaban J connectivity index is 2.93. The molecule has 0 bridgehead atoms. The summed E-state index contributed by atoms with van der Waals surface area (Å²) in [6.07, 6.45) is 0. The summed E-state index contributed by atoms with van der Waals surface area (Å²) in [4.78, 5) is 0.744. The first-order chi connectivity index (χ1) is 5.70. The first-order valence-electron chi connectivity index (χ1n) is 3.28. The lowest BCUT2D eigenvalue weighted by molar-refractivity contribution is 0.436. The molecule has 1 nitrogen and oxygen atoms in total. The standard InChI is InChI=1S/C8H5FOS2/c9-7-5(10)2-1-4-6(11)3-12-8(4)7/h1-3,10-11H. The molecule has 0 amide bonds. The molecule has 4 heteroatoms. The van der Waals surface area contributed by atoms with Gasteiger partial charge in [0.25, 0.3) is 0 Å². The van der Waals surface area contributed by atoms with Crippen molar-refractivity contribution in [3.8, 4) is 5.75 Å². The lowest BCUT2D eigenvalue weighted by Gasteiger charge is -1.95. The second-order valence-electron chi connectivity index (χ2n) is 2.40. The molecule has 0 atom stereocenters. The molecule has 0 fully saturated rings. The van der Waals surface area contributed by atoms with Crippen molar-refractivity contribution in [2.24, 2.45) is 0 Å². The molecular weight excluding hydrogens is 195 g/mol. The normalized spacial score (nSPS) is 10.8. The van der Waals surface area contributed by atoms with Crippen molar-refractivity contribution in [2.75, 3.05) is 0 Å². The molecule has 0 aliphatic heterocycles. The molecule has 1 aromatic heterocycles. The van der Waals surface area contributed by atoms with Crippen LogP contribution in [0.5, 0.6) is 5.75 Å². The van der Waals surface area contributed by atoms with Gasteiger partial charge in [0.05, 0.1) is 4.70 Å². The third kappa shape index (κ3) is 0.990. The first-order valence-corrected chi connectivity index (χ1v) is 4.60. The minimum Gasteiger partial charge on any atom is -0.505 e. The molecular formula is C8H5FOS2. The van der Waals surface area contributed by atoms with Crippen molar-refractivity contribution < 1.29 is 9.50 Å². The number of halogens is 1. The van der Waals surface area contributed by atoms with E-state index in [9.17, 15) is 4.39 Å². The molecule has 62 valence electrons. The Morgan fingerprint density at radius 3 is 2.92 bits per heavy atom. The fourth-order valence-corrected chi connectivity index (χ4v) is 2.33. The molecule has 0 saturated carbocycles. The summed E-state index contributed by atoms with van der Waals surface area (Å²) in [6, 6.07) is 3.00. The van der Waals surface area contributed by atoms with Gasteiger partial charge in [-0.25, -0.2) is 4.39 Å². The van der Waals surface area contributed by atoms with Crippen LogP contribution in [0.3, 0.4) is 0 Å². The summed E-state index contributed by atoms with van der Waals surface area (Å²) in [5.74, 6) is -0.865. The minimum atomic E-state index is -0.558. The maximum Gasteiger partial charge on any atom is 0.182 e. The van der Waals surface area contributed by atoms with Crippen molar-refractivity contribution in [1.29, 1.82) is 0 Å². The van der Waals surface area contributed by atoms with E-state index in [4.69, 9.17) is 5.11 Å². The third-order valence-corrected chi connectivity index (χ3v) is 3.17. The number of aromatic hydroxyl groups is 1. The number of hydrogen-bond acceptors (Lipinski definition) is 3. The number of thiophene rings is 1. The van der Waals surface area contributed by atoms with Crippen molar-refractivity contribution in [3.63, 3.8) is 0 Å². The van der Waals surface area contributed by atoms with Crippen LogP contribution in [0.15, 0.2) is 22.4 Å². The van der Waals surface area contributed by atoms with Crippen molar-refractivity contribution in [3.05, 3.63) is 23.3 Å². The fraction of sp³-hybridized carbons (Fsp3) is 0. The van der Waals surface area contributed by atoms with Gasteiger partial charge >= 0.3 is 0 Å². The Bertz CT molecular complexity index is 436. The summed E-state index contributed by atoms with van der Waals surface area (Å²) in [5, 5.41) is 11.5. The second kappa shape index (κ2) is 2.64. The molecule has 1 heterocycles. The van der Waals surface area contributed by atoms with E-state index in [-0.39, 0.29) is 5.75 Å². The molecule has 1 N–H and O–H groups in total. The maximum atomic E-state index is 13.1. The molecule has 0 saturated heterocycles. The SMILES string of the molecule is Oc1ccc2c(S)csc2c1F. The zero-order chi connectivity index (χ0) is 8.72. The zero-order valence-corrected chi connectivity index (χ0v) is 7.62. The number of hydrogen-bond donors (Lipinski definition) is 2. The molecule has 0 spiro atoms. The quantitative estimate of drug-likeness (QED) is 0.626. The summed E-state index contributed by atoms with van der Waals surface area (Å²) in [5.41, 5.74) is 0. The van der Waals surface area contributed by atoms with Crippen LogP contribution in [0.4, 0.5) is 4.39 Å². The van der Waals surface area contributed by atoms with Gasteiger partial charge in [-0.2, -0.15) is 0 Å². The van der Waals surface area contributed by atoms with E-state index >= 15 is 0 Å². The van der Waals surface area contributed by atoms with Crippen molar-refractivity contribution >= 4 is 34.1 Å². The van der Waals surface area contributed by atoms with Crippen LogP contribution >= 0.6 is 24.0 Å². The number of phenols is 1. The highest BCUT2D eigenvalue weighted by atomic mass is 32.1. The largest absolute Gasteiger partial charge is 0.505 e. The molecule has 0 aliphatic carbocycles. The molecule has 1 aromatic carbocycles. The number of thiol groups is 1. The highest BCUT2D eigenvalue weighted by Crippen LogP contribution is 2.34. The Morgan fingerprint density at radius 1 is 1.42 bits per heavy atom. The van der Waals surface area contributed by atoms with Gasteiger partial charge in [-0.15, -0.1) is 24.0 Å². The minimum absolute atomic E-state index is 0.308. The summed E-state index contributed by atoms with van der Waals surface area (Å²) < 4.78 is 13.6. The molecule has 0 unspecified atom stereocenters. The second-order valence-corrected chi connectivity index (χ2v) is 3.76. The summed E-state index contributed by atoms with van der Waals surface area (Å²) in [7, 11) is 0. The highest BCUT2D eigenvalue weighted by molar-refractivity contribution is 7.80. The Labute approximate surface area is 77.9 Å². The highest BCUT2D eigenvalue weighted by Gasteiger charge is 2.09. The molecule has 12 heavy (non-hydrogen) atoms. The lowest BCUT2D eigenvalue weighted by Crippen LogP contribution is -1.75. The Hall–Kier alpha value is -0.740. The van der Waals surface area contributed by atoms with Gasteiger partial charge in [0.1, 0.15) is 0 Å². The molecule has 2 rings (SSSR count). The monoisotopic (exact) mass is 200 g/mol. The van der Waals surface area contributed by atoms with Crippen molar-refractivity contribution in [2.45, 2.75) is 4.90 Å². The maximum absolute atomic E-state index is 13.1. The van der Waals surface area contributed by atoms with Crippen molar-refractivity contribution in [1.82, 2.24) is 0 Å². The summed E-state index contributed by atoms with van der Waals surface area (Å²) in [6.45, 7) is 0. The van der Waals surface area contributed by atoms with Gasteiger partial charge in [0.15, 0.2) is 11.6 Å². The fourth-order valence-electron chi connectivity index (χ4n) is 1.04. The van der Waals surface area contributed by atoms with E-state index < -0.39 is 5.82 Å². The third-order valence-electron chi connectivity index (χ3n) is 1.64. The van der Waals surface area contributed by atoms with Crippen LogP contribution < -0.4 is 0 Å². The number of rotatable bonds is 0. The van der Waals surface area contributed by atoms with Crippen LogP contribution in [0.1, 0.15) is 0 Å². The van der Waals surface area contributed by atoms with Gasteiger partial charge < -0.3 is 5.11 Å². The van der Waals surface area contributed by atoms with Crippen LogP contribution in [0.25, 0.3) is 10.1 Å². The predicted octanol–water partition coefficient (Wildman–Crippen LogP) is 3.03. The average Bonchev–Trinajstić information content (AvgIpc) is 2.41. The van der Waals surface area contributed by atoms with Gasteiger partial charge in [0.2, 0.25) is 0 Å². The van der Waals surface area contributed by atoms with Crippen LogP contribution in [-0.4, -0.2) is 5.11 Å². The van der Waals surface area contributed by atoms with E-state index in [0.717, 1.165) is 10.3 Å². The van der Waals surface area contributed by atoms with E-state index in [1.807, 2.05) is 0 Å². The van der Waals surface area contributed by atoms with E-state index in [2.05, 4.69) is 12.6 Å². The molecule has 0 aliphatic rings. The van der Waals surface area contributed by atoms with Gasteiger partial charge in [0, 0.05) is 15.7 Å². The number of benzene rings is 1. The van der Waals surface area contributed by atoms with Gasteiger partial charge in [-0.3, -0.25) is 0 Å².